The summed E-state index contributed by atoms with van der Waals surface area (Å²) < 4.78 is 5.18. The molecule has 0 bridgehead atoms. The molecule has 1 aromatic rings. The molecular weight excluding hydrogens is 288 g/mol. The molecule has 1 aromatic carbocycles. The number of nitrogens with one attached hydrogen (secondary N) is 1. The van der Waals surface area contributed by atoms with Crippen molar-refractivity contribution in [3.05, 3.63) is 29.3 Å². The second-order valence-electron chi connectivity index (χ2n) is 6.88. The van der Waals surface area contributed by atoms with Gasteiger partial charge in [-0.25, -0.2) is 0 Å². The van der Waals surface area contributed by atoms with Crippen LogP contribution in [-0.4, -0.2) is 43.2 Å². The van der Waals surface area contributed by atoms with Gasteiger partial charge in [0.25, 0.3) is 0 Å². The molecule has 0 saturated carbocycles. The van der Waals surface area contributed by atoms with Crippen LogP contribution in [0.15, 0.2) is 18.2 Å². The third kappa shape index (κ3) is 4.05. The smallest absolute Gasteiger partial charge is 0.310 e. The average molecular weight is 316 g/mol. The number of ether oxygens (including phenoxy) is 1. The van der Waals surface area contributed by atoms with Crippen molar-refractivity contribution >= 4 is 11.7 Å². The van der Waals surface area contributed by atoms with Crippen molar-refractivity contribution in [2.45, 2.75) is 45.6 Å². The second-order valence-corrected chi connectivity index (χ2v) is 6.88. The number of benzene rings is 1. The minimum absolute atomic E-state index is 0.0187. The fraction of sp³-hybridized carbons (Fsp3) is 0.632. The van der Waals surface area contributed by atoms with E-state index in [0.29, 0.717) is 12.6 Å². The molecule has 0 amide bonds. The highest BCUT2D eigenvalue weighted by molar-refractivity contribution is 5.72. The zero-order valence-corrected chi connectivity index (χ0v) is 14.3. The van der Waals surface area contributed by atoms with Crippen molar-refractivity contribution in [2.75, 3.05) is 31.6 Å². The summed E-state index contributed by atoms with van der Waals surface area (Å²) in [5.74, 6) is 0.0450. The number of rotatable bonds is 5. The SMILES string of the molecule is CCOC(=O)C1CCCN(CCc2ccc3c(c2)CC(C)N3)C1. The number of nitrogens with zero attached hydrogens (tertiary/aromatic N) is 1. The number of hydrogen-bond acceptors (Lipinski definition) is 4. The highest BCUT2D eigenvalue weighted by atomic mass is 16.5. The molecule has 0 radical (unpaired) electrons. The van der Waals surface area contributed by atoms with Crippen molar-refractivity contribution in [1.82, 2.24) is 4.90 Å². The Bertz CT molecular complexity index is 558. The fourth-order valence-electron chi connectivity index (χ4n) is 3.76. The standard InChI is InChI=1S/C19H28N2O2/c1-3-23-19(22)16-5-4-9-21(13-16)10-8-15-6-7-18-17(12-15)11-14(2)20-18/h6-7,12,14,16,20H,3-5,8-11,13H2,1-2H3. The first-order valence-corrected chi connectivity index (χ1v) is 8.93. The van der Waals surface area contributed by atoms with Crippen LogP contribution < -0.4 is 5.32 Å². The van der Waals surface area contributed by atoms with Gasteiger partial charge in [0.15, 0.2) is 0 Å². The molecule has 23 heavy (non-hydrogen) atoms. The maximum absolute atomic E-state index is 11.9. The molecule has 0 aromatic heterocycles. The number of likely N-dealkylation sites (tertiary alicyclic amines) is 1. The number of hydrogen-bond donors (Lipinski definition) is 1. The van der Waals surface area contributed by atoms with Gasteiger partial charge in [-0.05, 0) is 63.3 Å². The van der Waals surface area contributed by atoms with Crippen molar-refractivity contribution in [1.29, 1.82) is 0 Å². The molecule has 2 aliphatic heterocycles. The Hall–Kier alpha value is -1.55. The van der Waals surface area contributed by atoms with E-state index in [2.05, 4.69) is 35.3 Å². The molecule has 1 N–H and O–H groups in total. The monoisotopic (exact) mass is 316 g/mol. The summed E-state index contributed by atoms with van der Waals surface area (Å²) >= 11 is 0. The quantitative estimate of drug-likeness (QED) is 0.848. The van der Waals surface area contributed by atoms with E-state index < -0.39 is 0 Å². The minimum atomic E-state index is -0.0187. The lowest BCUT2D eigenvalue weighted by atomic mass is 9.97. The minimum Gasteiger partial charge on any atom is -0.466 e. The number of carbonyl (C=O) groups excluding carboxylic acids is 1. The molecule has 2 heterocycles. The van der Waals surface area contributed by atoms with Gasteiger partial charge in [0.1, 0.15) is 0 Å². The van der Waals surface area contributed by atoms with Crippen LogP contribution in [0.2, 0.25) is 0 Å². The Balaban J connectivity index is 1.52. The Morgan fingerprint density at radius 2 is 2.30 bits per heavy atom. The molecule has 1 fully saturated rings. The van der Waals surface area contributed by atoms with Crippen molar-refractivity contribution < 1.29 is 9.53 Å². The summed E-state index contributed by atoms with van der Waals surface area (Å²) in [6, 6.07) is 7.34. The lowest BCUT2D eigenvalue weighted by Crippen LogP contribution is -2.40. The summed E-state index contributed by atoms with van der Waals surface area (Å²) in [6.07, 6.45) is 4.24. The predicted molar refractivity (Wildman–Crippen MR) is 92.7 cm³/mol. The zero-order valence-electron chi connectivity index (χ0n) is 14.3. The van der Waals surface area contributed by atoms with Gasteiger partial charge in [-0.3, -0.25) is 4.79 Å². The maximum atomic E-state index is 11.9. The molecule has 0 aliphatic carbocycles. The third-order valence-electron chi connectivity index (χ3n) is 4.94. The Kier molecular flexibility index (Phi) is 5.21. The first-order chi connectivity index (χ1) is 11.2. The summed E-state index contributed by atoms with van der Waals surface area (Å²) in [4.78, 5) is 14.3. The summed E-state index contributed by atoms with van der Waals surface area (Å²) in [7, 11) is 0. The van der Waals surface area contributed by atoms with E-state index in [4.69, 9.17) is 4.74 Å². The van der Waals surface area contributed by atoms with Crippen LogP contribution in [0, 0.1) is 5.92 Å². The van der Waals surface area contributed by atoms with E-state index in [-0.39, 0.29) is 11.9 Å². The Morgan fingerprint density at radius 1 is 1.43 bits per heavy atom. The Labute approximate surface area is 139 Å². The van der Waals surface area contributed by atoms with Gasteiger partial charge in [-0.2, -0.15) is 0 Å². The number of carbonyl (C=O) groups is 1. The van der Waals surface area contributed by atoms with Crippen LogP contribution >= 0.6 is 0 Å². The van der Waals surface area contributed by atoms with E-state index in [1.54, 1.807) is 0 Å². The van der Waals surface area contributed by atoms with Crippen molar-refractivity contribution in [3.8, 4) is 0 Å². The third-order valence-corrected chi connectivity index (χ3v) is 4.94. The van der Waals surface area contributed by atoms with Gasteiger partial charge in [-0.1, -0.05) is 12.1 Å². The molecule has 3 rings (SSSR count). The summed E-state index contributed by atoms with van der Waals surface area (Å²) in [5, 5.41) is 3.50. The predicted octanol–water partition coefficient (Wildman–Crippen LogP) is 2.86. The normalized spacial score (nSPS) is 24.1. The molecule has 0 spiro atoms. The molecule has 2 aliphatic rings. The topological polar surface area (TPSA) is 41.6 Å². The zero-order chi connectivity index (χ0) is 16.2. The van der Waals surface area contributed by atoms with Crippen molar-refractivity contribution in [2.24, 2.45) is 5.92 Å². The average Bonchev–Trinajstić information content (AvgIpc) is 2.92. The molecule has 126 valence electrons. The highest BCUT2D eigenvalue weighted by Crippen LogP contribution is 2.27. The first kappa shape index (κ1) is 16.3. The van der Waals surface area contributed by atoms with Crippen LogP contribution in [0.4, 0.5) is 5.69 Å². The van der Waals surface area contributed by atoms with Crippen LogP contribution in [0.5, 0.6) is 0 Å². The molecule has 4 heteroatoms. The summed E-state index contributed by atoms with van der Waals surface area (Å²) in [5.41, 5.74) is 4.14. The van der Waals surface area contributed by atoms with Gasteiger partial charge < -0.3 is 15.0 Å². The molecule has 1 saturated heterocycles. The fourth-order valence-corrected chi connectivity index (χ4v) is 3.76. The Morgan fingerprint density at radius 3 is 3.13 bits per heavy atom. The molecule has 4 nitrogen and oxygen atoms in total. The van der Waals surface area contributed by atoms with Crippen LogP contribution in [-0.2, 0) is 22.4 Å². The van der Waals surface area contributed by atoms with Gasteiger partial charge in [-0.15, -0.1) is 0 Å². The van der Waals surface area contributed by atoms with Crippen LogP contribution in [0.3, 0.4) is 0 Å². The van der Waals surface area contributed by atoms with Crippen LogP contribution in [0.1, 0.15) is 37.8 Å². The molecular formula is C19H28N2O2. The van der Waals surface area contributed by atoms with Crippen molar-refractivity contribution in [3.63, 3.8) is 0 Å². The lowest BCUT2D eigenvalue weighted by molar-refractivity contribution is -0.149. The van der Waals surface area contributed by atoms with E-state index in [9.17, 15) is 4.79 Å². The van der Waals surface area contributed by atoms with Gasteiger partial charge >= 0.3 is 5.97 Å². The van der Waals surface area contributed by atoms with Gasteiger partial charge in [0.05, 0.1) is 12.5 Å². The molecule has 2 atom stereocenters. The number of fused-ring (bicyclic) bond motifs is 1. The van der Waals surface area contributed by atoms with E-state index in [1.165, 1.54) is 16.8 Å². The molecule has 2 unspecified atom stereocenters. The number of esters is 1. The number of piperidine rings is 1. The lowest BCUT2D eigenvalue weighted by Gasteiger charge is -2.31. The van der Waals surface area contributed by atoms with E-state index >= 15 is 0 Å². The van der Waals surface area contributed by atoms with Gasteiger partial charge in [0.2, 0.25) is 0 Å². The van der Waals surface area contributed by atoms with E-state index in [0.717, 1.165) is 45.3 Å². The highest BCUT2D eigenvalue weighted by Gasteiger charge is 2.26. The second kappa shape index (κ2) is 7.35. The maximum Gasteiger partial charge on any atom is 0.310 e. The number of anilines is 1. The van der Waals surface area contributed by atoms with Crippen LogP contribution in [0.25, 0.3) is 0 Å². The van der Waals surface area contributed by atoms with Gasteiger partial charge in [0, 0.05) is 24.8 Å². The summed E-state index contributed by atoms with van der Waals surface area (Å²) in [6.45, 7) is 7.56. The first-order valence-electron chi connectivity index (χ1n) is 8.93. The largest absolute Gasteiger partial charge is 0.466 e. The van der Waals surface area contributed by atoms with E-state index in [1.807, 2.05) is 6.92 Å².